The van der Waals surface area contributed by atoms with Crippen LogP contribution in [0.25, 0.3) is 10.8 Å². The van der Waals surface area contributed by atoms with Crippen LogP contribution in [0.3, 0.4) is 0 Å². The summed E-state index contributed by atoms with van der Waals surface area (Å²) in [5.74, 6) is 1.24. The Kier molecular flexibility index (Phi) is 11.4. The fraction of sp³-hybridized carbons (Fsp3) is 0.524. The van der Waals surface area contributed by atoms with E-state index in [4.69, 9.17) is 5.11 Å². The molecule has 23 heavy (non-hydrogen) atoms. The molecule has 2 aromatic rings. The monoisotopic (exact) mass is 318 g/mol. The Hall–Kier alpha value is -1.38. The molecule has 0 heterocycles. The quantitative estimate of drug-likeness (QED) is 0.814. The van der Waals surface area contributed by atoms with Crippen molar-refractivity contribution in [3.05, 3.63) is 48.0 Å². The maximum Gasteiger partial charge on any atom is 0.0545 e. The zero-order chi connectivity index (χ0) is 17.8. The molecule has 0 atom stereocenters. The Morgan fingerprint density at radius 3 is 1.74 bits per heavy atom. The van der Waals surface area contributed by atoms with Crippen LogP contribution < -0.4 is 0 Å². The van der Waals surface area contributed by atoms with E-state index in [-0.39, 0.29) is 6.10 Å². The summed E-state index contributed by atoms with van der Waals surface area (Å²) in [6, 6.07) is 14.9. The van der Waals surface area contributed by atoms with E-state index < -0.39 is 0 Å². The van der Waals surface area contributed by atoms with Crippen LogP contribution in [0, 0.1) is 18.8 Å². The van der Waals surface area contributed by atoms with Crippen molar-refractivity contribution in [3.8, 4) is 0 Å². The maximum absolute atomic E-state index is 9.39. The first kappa shape index (κ1) is 21.6. The highest BCUT2D eigenvalue weighted by molar-refractivity contribution is 5.82. The van der Waals surface area contributed by atoms with Crippen LogP contribution >= 0.6 is 0 Å². The largest absolute Gasteiger partial charge is 0.400 e. The molecule has 0 spiro atoms. The molecular formula is C21H34O2. The summed E-state index contributed by atoms with van der Waals surface area (Å²) in [6.07, 6.45) is 1.80. The normalized spacial score (nSPS) is 10.4. The molecule has 2 rings (SSSR count). The third-order valence-corrected chi connectivity index (χ3v) is 3.39. The van der Waals surface area contributed by atoms with E-state index in [0.717, 1.165) is 20.0 Å². The second kappa shape index (κ2) is 12.1. The van der Waals surface area contributed by atoms with E-state index in [9.17, 15) is 5.11 Å². The van der Waals surface area contributed by atoms with Crippen molar-refractivity contribution in [1.82, 2.24) is 0 Å². The molecule has 2 aromatic carbocycles. The molecule has 0 amide bonds. The number of hydrogen-bond donors (Lipinski definition) is 2. The highest BCUT2D eigenvalue weighted by Gasteiger charge is 2.08. The number of aliphatic hydroxyl groups excluding tert-OH is 2. The van der Waals surface area contributed by atoms with Crippen molar-refractivity contribution in [3.63, 3.8) is 0 Å². The van der Waals surface area contributed by atoms with Gasteiger partial charge < -0.3 is 10.2 Å². The van der Waals surface area contributed by atoms with E-state index in [0.29, 0.717) is 11.8 Å². The van der Waals surface area contributed by atoms with Crippen LogP contribution in [0.4, 0.5) is 0 Å². The van der Waals surface area contributed by atoms with Crippen LogP contribution in [0.15, 0.2) is 42.5 Å². The predicted molar refractivity (Wildman–Crippen MR) is 102 cm³/mol. The van der Waals surface area contributed by atoms with Gasteiger partial charge in [0.2, 0.25) is 0 Å². The van der Waals surface area contributed by atoms with Gasteiger partial charge in [-0.15, -0.1) is 0 Å². The summed E-state index contributed by atoms with van der Waals surface area (Å²) in [5.41, 5.74) is 1.32. The Balaban J connectivity index is 0.000000383. The molecule has 0 aromatic heterocycles. The minimum absolute atomic E-state index is 0.0833. The number of benzene rings is 2. The first-order valence-corrected chi connectivity index (χ1v) is 8.46. The van der Waals surface area contributed by atoms with E-state index in [2.05, 4.69) is 77.1 Å². The lowest BCUT2D eigenvalue weighted by Gasteiger charge is -2.14. The van der Waals surface area contributed by atoms with E-state index in [1.807, 2.05) is 0 Å². The average Bonchev–Trinajstić information content (AvgIpc) is 2.48. The van der Waals surface area contributed by atoms with Gasteiger partial charge in [-0.3, -0.25) is 0 Å². The molecule has 0 saturated heterocycles. The van der Waals surface area contributed by atoms with Crippen molar-refractivity contribution < 1.29 is 10.2 Å². The summed E-state index contributed by atoms with van der Waals surface area (Å²) in [7, 11) is 1.00. The first-order chi connectivity index (χ1) is 10.9. The molecule has 0 aliphatic heterocycles. The van der Waals surface area contributed by atoms with Gasteiger partial charge in [0.05, 0.1) is 6.10 Å². The summed E-state index contributed by atoms with van der Waals surface area (Å²) >= 11 is 0. The molecule has 2 heteroatoms. The highest BCUT2D eigenvalue weighted by atomic mass is 16.3. The van der Waals surface area contributed by atoms with E-state index >= 15 is 0 Å². The number of fused-ring (bicyclic) bond motifs is 1. The van der Waals surface area contributed by atoms with Gasteiger partial charge in [-0.05, 0) is 42.4 Å². The third-order valence-electron chi connectivity index (χ3n) is 3.39. The second-order valence-corrected chi connectivity index (χ2v) is 6.76. The molecule has 130 valence electrons. The average molecular weight is 319 g/mol. The summed E-state index contributed by atoms with van der Waals surface area (Å²) in [4.78, 5) is 0. The minimum atomic E-state index is -0.0833. The van der Waals surface area contributed by atoms with Crippen molar-refractivity contribution >= 4 is 10.8 Å². The molecule has 0 aliphatic carbocycles. The predicted octanol–water partition coefficient (Wildman–Crippen LogP) is 5.20. The van der Waals surface area contributed by atoms with Gasteiger partial charge in [-0.25, -0.2) is 0 Å². The minimum Gasteiger partial charge on any atom is -0.400 e. The van der Waals surface area contributed by atoms with Gasteiger partial charge >= 0.3 is 0 Å². The van der Waals surface area contributed by atoms with Gasteiger partial charge in [-0.2, -0.15) is 0 Å². The number of rotatable bonds is 4. The second-order valence-electron chi connectivity index (χ2n) is 6.76. The van der Waals surface area contributed by atoms with Crippen molar-refractivity contribution in [2.75, 3.05) is 7.11 Å². The molecule has 2 nitrogen and oxygen atoms in total. The number of aryl methyl sites for hydroxylation is 1. The SMILES string of the molecule is CC(C)CC(O)CC(C)C.CO.Cc1ccc2ccccc2c1. The van der Waals surface area contributed by atoms with E-state index in [1.54, 1.807) is 0 Å². The van der Waals surface area contributed by atoms with Gasteiger partial charge in [0.15, 0.2) is 0 Å². The molecule has 0 fully saturated rings. The molecule has 0 aliphatic rings. The lowest BCUT2D eigenvalue weighted by molar-refractivity contribution is 0.125. The zero-order valence-electron chi connectivity index (χ0n) is 15.6. The van der Waals surface area contributed by atoms with Crippen molar-refractivity contribution in [2.45, 2.75) is 53.6 Å². The number of aliphatic hydroxyl groups is 2. The van der Waals surface area contributed by atoms with Crippen LogP contribution in [0.2, 0.25) is 0 Å². The molecule has 0 saturated carbocycles. The van der Waals surface area contributed by atoms with Gasteiger partial charge in [0.25, 0.3) is 0 Å². The van der Waals surface area contributed by atoms with Crippen molar-refractivity contribution in [2.24, 2.45) is 11.8 Å². The van der Waals surface area contributed by atoms with Crippen molar-refractivity contribution in [1.29, 1.82) is 0 Å². The fourth-order valence-electron chi connectivity index (χ4n) is 2.49. The molecule has 0 bridgehead atoms. The smallest absolute Gasteiger partial charge is 0.0545 e. The lowest BCUT2D eigenvalue weighted by atomic mass is 9.98. The van der Waals surface area contributed by atoms with Gasteiger partial charge in [-0.1, -0.05) is 75.7 Å². The van der Waals surface area contributed by atoms with Crippen LogP contribution in [0.5, 0.6) is 0 Å². The molecule has 0 unspecified atom stereocenters. The van der Waals surface area contributed by atoms with Gasteiger partial charge in [0, 0.05) is 7.11 Å². The zero-order valence-corrected chi connectivity index (χ0v) is 15.6. The Morgan fingerprint density at radius 2 is 1.26 bits per heavy atom. The molecular weight excluding hydrogens is 284 g/mol. The Morgan fingerprint density at radius 1 is 0.783 bits per heavy atom. The van der Waals surface area contributed by atoms with Crippen LogP contribution in [-0.4, -0.2) is 23.4 Å². The molecule has 0 radical (unpaired) electrons. The molecule has 2 N–H and O–H groups in total. The van der Waals surface area contributed by atoms with Crippen LogP contribution in [-0.2, 0) is 0 Å². The standard InChI is InChI=1S/C11H10.C9H20O.CH4O/c1-9-6-7-10-4-2-3-5-11(10)8-9;1-7(2)5-9(10)6-8(3)4;1-2/h2-8H,1H3;7-10H,5-6H2,1-4H3;2H,1H3. The fourth-order valence-corrected chi connectivity index (χ4v) is 2.49. The number of hydrogen-bond acceptors (Lipinski definition) is 2. The summed E-state index contributed by atoms with van der Waals surface area (Å²) in [5, 5.41) is 19.0. The topological polar surface area (TPSA) is 40.5 Å². The maximum atomic E-state index is 9.39. The van der Waals surface area contributed by atoms with Gasteiger partial charge in [0.1, 0.15) is 0 Å². The summed E-state index contributed by atoms with van der Waals surface area (Å²) in [6.45, 7) is 10.7. The van der Waals surface area contributed by atoms with E-state index in [1.165, 1.54) is 16.3 Å². The summed E-state index contributed by atoms with van der Waals surface area (Å²) < 4.78 is 0. The van der Waals surface area contributed by atoms with Crippen LogP contribution in [0.1, 0.15) is 46.1 Å². The Labute approximate surface area is 142 Å². The lowest BCUT2D eigenvalue weighted by Crippen LogP contribution is -2.12. The Bertz CT molecular complexity index is 522. The highest BCUT2D eigenvalue weighted by Crippen LogP contribution is 2.14. The first-order valence-electron chi connectivity index (χ1n) is 8.46. The third kappa shape index (κ3) is 10.1.